The first-order valence-corrected chi connectivity index (χ1v) is 3.85. The lowest BCUT2D eigenvalue weighted by molar-refractivity contribution is 0.298. The Morgan fingerprint density at radius 2 is 2.40 bits per heavy atom. The van der Waals surface area contributed by atoms with Gasteiger partial charge >= 0.3 is 0 Å². The Kier molecular flexibility index (Phi) is 1.22. The number of nitrogens with zero attached hydrogens (tertiary/aromatic N) is 1. The van der Waals surface area contributed by atoms with Gasteiger partial charge in [0.15, 0.2) is 0 Å². The van der Waals surface area contributed by atoms with Gasteiger partial charge < -0.3 is 4.90 Å². The molecule has 0 spiro atoms. The first kappa shape index (κ1) is 6.20. The van der Waals surface area contributed by atoms with Crippen molar-refractivity contribution in [2.75, 3.05) is 13.1 Å². The molecule has 10 heavy (non-hydrogen) atoms. The van der Waals surface area contributed by atoms with Crippen LogP contribution in [0, 0.1) is 5.92 Å². The molecule has 2 aliphatic rings. The molecular weight excluding hydrogens is 129 g/mol. The highest BCUT2D eigenvalue weighted by atomic mass is 19.1. The van der Waals surface area contributed by atoms with Crippen LogP contribution in [0.25, 0.3) is 0 Å². The van der Waals surface area contributed by atoms with E-state index < -0.39 is 6.17 Å². The zero-order valence-electron chi connectivity index (χ0n) is 6.18. The molecule has 0 aromatic rings. The summed E-state index contributed by atoms with van der Waals surface area (Å²) < 4.78 is 12.7. The van der Waals surface area contributed by atoms with E-state index in [1.807, 2.05) is 0 Å². The van der Waals surface area contributed by atoms with Crippen molar-refractivity contribution in [3.8, 4) is 0 Å². The summed E-state index contributed by atoms with van der Waals surface area (Å²) in [5.74, 6) is 0.641. The van der Waals surface area contributed by atoms with Crippen LogP contribution >= 0.6 is 0 Å². The lowest BCUT2D eigenvalue weighted by atomic mass is 10.2. The van der Waals surface area contributed by atoms with E-state index in [0.717, 1.165) is 6.54 Å². The van der Waals surface area contributed by atoms with Gasteiger partial charge in [0, 0.05) is 25.2 Å². The fourth-order valence-corrected chi connectivity index (χ4v) is 1.87. The molecule has 2 aliphatic heterocycles. The van der Waals surface area contributed by atoms with E-state index in [4.69, 9.17) is 0 Å². The van der Waals surface area contributed by atoms with Crippen LogP contribution in [0.3, 0.4) is 0 Å². The van der Waals surface area contributed by atoms with E-state index >= 15 is 0 Å². The fourth-order valence-electron chi connectivity index (χ4n) is 1.87. The molecule has 0 aromatic heterocycles. The Morgan fingerprint density at radius 3 is 3.10 bits per heavy atom. The number of allylic oxidation sites excluding steroid dienone is 1. The molecule has 0 saturated carbocycles. The molecule has 56 valence electrons. The van der Waals surface area contributed by atoms with Gasteiger partial charge in [0.1, 0.15) is 6.17 Å². The Bertz CT molecular complexity index is 176. The van der Waals surface area contributed by atoms with Crippen molar-refractivity contribution in [2.24, 2.45) is 5.92 Å². The third-order valence-electron chi connectivity index (χ3n) is 2.24. The maximum atomic E-state index is 12.7. The van der Waals surface area contributed by atoms with Gasteiger partial charge in [-0.15, -0.1) is 0 Å². The van der Waals surface area contributed by atoms with Crippen molar-refractivity contribution in [3.63, 3.8) is 0 Å². The molecule has 1 saturated heterocycles. The average Bonchev–Trinajstić information content (AvgIpc) is 2.21. The van der Waals surface area contributed by atoms with Crippen LogP contribution in [-0.4, -0.2) is 24.2 Å². The van der Waals surface area contributed by atoms with Gasteiger partial charge in [-0.3, -0.25) is 0 Å². The predicted molar refractivity (Wildman–Crippen MR) is 38.3 cm³/mol. The number of hydrogen-bond acceptors (Lipinski definition) is 1. The molecule has 2 heteroatoms. The number of fused-ring (bicyclic) bond motifs is 1. The number of alkyl halides is 1. The molecule has 0 amide bonds. The summed E-state index contributed by atoms with van der Waals surface area (Å²) in [5.41, 5.74) is 1.24. The Labute approximate surface area is 60.5 Å². The maximum absolute atomic E-state index is 12.7. The van der Waals surface area contributed by atoms with Crippen LogP contribution in [0.4, 0.5) is 4.39 Å². The Hall–Kier alpha value is -0.530. The summed E-state index contributed by atoms with van der Waals surface area (Å²) in [6.07, 6.45) is 2.25. The van der Waals surface area contributed by atoms with Gasteiger partial charge in [-0.1, -0.05) is 13.0 Å². The van der Waals surface area contributed by atoms with E-state index in [2.05, 4.69) is 17.9 Å². The topological polar surface area (TPSA) is 3.24 Å². The molecule has 2 atom stereocenters. The monoisotopic (exact) mass is 141 g/mol. The first-order valence-electron chi connectivity index (χ1n) is 3.85. The van der Waals surface area contributed by atoms with E-state index in [-0.39, 0.29) is 0 Å². The van der Waals surface area contributed by atoms with Crippen molar-refractivity contribution in [1.82, 2.24) is 4.90 Å². The maximum Gasteiger partial charge on any atom is 0.123 e. The van der Waals surface area contributed by atoms with Crippen LogP contribution < -0.4 is 0 Å². The minimum Gasteiger partial charge on any atom is -0.371 e. The lowest BCUT2D eigenvalue weighted by Crippen LogP contribution is -2.19. The molecule has 0 N–H and O–H groups in total. The highest BCUT2D eigenvalue weighted by Gasteiger charge is 2.30. The summed E-state index contributed by atoms with van der Waals surface area (Å²) in [6, 6.07) is 0. The van der Waals surface area contributed by atoms with Crippen molar-refractivity contribution in [2.45, 2.75) is 19.5 Å². The normalized spacial score (nSPS) is 38.2. The van der Waals surface area contributed by atoms with Crippen molar-refractivity contribution < 1.29 is 4.39 Å². The molecule has 2 heterocycles. The van der Waals surface area contributed by atoms with Gasteiger partial charge in [-0.2, -0.15) is 0 Å². The first-order chi connectivity index (χ1) is 4.75. The molecule has 1 unspecified atom stereocenters. The molecule has 0 aliphatic carbocycles. The zero-order valence-corrected chi connectivity index (χ0v) is 6.18. The molecule has 2 rings (SSSR count). The predicted octanol–water partition coefficient (Wildman–Crippen LogP) is 1.56. The van der Waals surface area contributed by atoms with Crippen LogP contribution in [0.2, 0.25) is 0 Å². The van der Waals surface area contributed by atoms with Crippen molar-refractivity contribution >= 4 is 0 Å². The molecule has 0 radical (unpaired) electrons. The summed E-state index contributed by atoms with van der Waals surface area (Å²) in [6.45, 7) is 3.85. The van der Waals surface area contributed by atoms with Crippen molar-refractivity contribution in [1.29, 1.82) is 0 Å². The minimum atomic E-state index is -0.598. The highest BCUT2D eigenvalue weighted by Crippen LogP contribution is 2.30. The highest BCUT2D eigenvalue weighted by molar-refractivity contribution is 5.15. The lowest BCUT2D eigenvalue weighted by Gasteiger charge is -2.13. The third kappa shape index (κ3) is 0.825. The van der Waals surface area contributed by atoms with E-state index in [1.54, 1.807) is 0 Å². The smallest absolute Gasteiger partial charge is 0.123 e. The molecule has 1 fully saturated rings. The largest absolute Gasteiger partial charge is 0.371 e. The second-order valence-electron chi connectivity index (χ2n) is 3.34. The second-order valence-corrected chi connectivity index (χ2v) is 3.34. The average molecular weight is 141 g/mol. The fraction of sp³-hybridized carbons (Fsp3) is 0.750. The summed E-state index contributed by atoms with van der Waals surface area (Å²) >= 11 is 0. The van der Waals surface area contributed by atoms with E-state index in [9.17, 15) is 4.39 Å². The molecular formula is C8H12FN. The van der Waals surface area contributed by atoms with Gasteiger partial charge in [-0.25, -0.2) is 4.39 Å². The number of hydrogen-bond donors (Lipinski definition) is 0. The van der Waals surface area contributed by atoms with E-state index in [1.165, 1.54) is 5.70 Å². The standard InChI is InChI=1S/C8H12FN/c1-6-2-8-3-7(9)5-10(8)4-6/h2,6-7H,3-5H2,1H3/t6?,7-/m1/s1. The van der Waals surface area contributed by atoms with E-state index in [0.29, 0.717) is 18.9 Å². The van der Waals surface area contributed by atoms with Crippen LogP contribution in [-0.2, 0) is 0 Å². The Morgan fingerprint density at radius 1 is 1.60 bits per heavy atom. The zero-order chi connectivity index (χ0) is 7.14. The quantitative estimate of drug-likeness (QED) is 0.495. The van der Waals surface area contributed by atoms with Crippen molar-refractivity contribution in [3.05, 3.63) is 11.8 Å². The SMILES string of the molecule is CC1C=C2C[C@@H](F)CN2C1. The summed E-state index contributed by atoms with van der Waals surface area (Å²) in [7, 11) is 0. The summed E-state index contributed by atoms with van der Waals surface area (Å²) in [5, 5.41) is 0. The molecule has 0 aromatic carbocycles. The van der Waals surface area contributed by atoms with Crippen LogP contribution in [0.1, 0.15) is 13.3 Å². The van der Waals surface area contributed by atoms with Crippen LogP contribution in [0.15, 0.2) is 11.8 Å². The Balaban J connectivity index is 2.14. The second kappa shape index (κ2) is 1.97. The minimum absolute atomic E-state index is 0.598. The van der Waals surface area contributed by atoms with Gasteiger partial charge in [0.2, 0.25) is 0 Å². The summed E-state index contributed by atoms with van der Waals surface area (Å²) in [4.78, 5) is 2.16. The molecule has 0 bridgehead atoms. The number of halogens is 1. The number of rotatable bonds is 0. The van der Waals surface area contributed by atoms with Crippen LogP contribution in [0.5, 0.6) is 0 Å². The third-order valence-corrected chi connectivity index (χ3v) is 2.24. The van der Waals surface area contributed by atoms with Gasteiger partial charge in [0.25, 0.3) is 0 Å². The molecule has 1 nitrogen and oxygen atoms in total. The van der Waals surface area contributed by atoms with Gasteiger partial charge in [-0.05, 0) is 5.92 Å². The van der Waals surface area contributed by atoms with Gasteiger partial charge in [0.05, 0.1) is 0 Å².